The van der Waals surface area contributed by atoms with Crippen LogP contribution in [0.25, 0.3) is 0 Å². The van der Waals surface area contributed by atoms with Crippen molar-refractivity contribution in [2.24, 2.45) is 5.84 Å². The molecular formula is C12H28N2O. The maximum atomic E-state index is 5.66. The molecule has 0 saturated heterocycles. The number of nitrogens with one attached hydrogen (secondary N) is 1. The highest BCUT2D eigenvalue weighted by molar-refractivity contribution is 4.73. The normalized spacial score (nSPS) is 15.2. The predicted octanol–water partition coefficient (Wildman–Crippen LogP) is 2.60. The highest BCUT2D eigenvalue weighted by atomic mass is 16.5. The number of hydrazine groups is 1. The van der Waals surface area contributed by atoms with Crippen LogP contribution in [-0.2, 0) is 4.74 Å². The van der Waals surface area contributed by atoms with E-state index >= 15 is 0 Å². The molecule has 0 aromatic heterocycles. The third-order valence-corrected chi connectivity index (χ3v) is 2.81. The van der Waals surface area contributed by atoms with E-state index in [9.17, 15) is 0 Å². The summed E-state index contributed by atoms with van der Waals surface area (Å²) in [6.45, 7) is 7.18. The fourth-order valence-electron chi connectivity index (χ4n) is 1.90. The molecule has 0 aromatic carbocycles. The predicted molar refractivity (Wildman–Crippen MR) is 65.6 cm³/mol. The van der Waals surface area contributed by atoms with Crippen molar-refractivity contribution in [1.82, 2.24) is 5.43 Å². The van der Waals surface area contributed by atoms with Gasteiger partial charge in [-0.1, -0.05) is 39.5 Å². The molecule has 0 fully saturated rings. The quantitative estimate of drug-likeness (QED) is 0.335. The second kappa shape index (κ2) is 10.4. The first-order chi connectivity index (χ1) is 7.29. The molecule has 2 atom stereocenters. The maximum absolute atomic E-state index is 5.66. The average Bonchev–Trinajstić information content (AvgIpc) is 2.27. The van der Waals surface area contributed by atoms with E-state index in [0.29, 0.717) is 6.04 Å². The van der Waals surface area contributed by atoms with Gasteiger partial charge in [-0.15, -0.1) is 0 Å². The van der Waals surface area contributed by atoms with E-state index in [0.717, 1.165) is 19.4 Å². The van der Waals surface area contributed by atoms with Crippen LogP contribution in [0, 0.1) is 0 Å². The Balaban J connectivity index is 3.76. The van der Waals surface area contributed by atoms with Crippen molar-refractivity contribution in [3.05, 3.63) is 0 Å². The summed E-state index contributed by atoms with van der Waals surface area (Å²) in [4.78, 5) is 0. The summed E-state index contributed by atoms with van der Waals surface area (Å²) in [6.07, 6.45) is 7.56. The molecular weight excluding hydrogens is 188 g/mol. The molecule has 0 spiro atoms. The first kappa shape index (κ1) is 14.9. The van der Waals surface area contributed by atoms with Gasteiger partial charge in [0.1, 0.15) is 0 Å². The number of unbranched alkanes of at least 4 members (excludes halogenated alkanes) is 3. The highest BCUT2D eigenvalue weighted by Crippen LogP contribution is 2.12. The van der Waals surface area contributed by atoms with Crippen molar-refractivity contribution in [2.75, 3.05) is 6.61 Å². The molecule has 0 rings (SSSR count). The number of ether oxygens (including phenoxy) is 1. The standard InChI is InChI=1S/C12H28N2O/c1-4-7-8-9-10-11(14-13)12(5-2)15-6-3/h11-12,14H,4-10,13H2,1-3H3. The van der Waals surface area contributed by atoms with Crippen molar-refractivity contribution in [3.63, 3.8) is 0 Å². The summed E-state index contributed by atoms with van der Waals surface area (Å²) in [7, 11) is 0. The SMILES string of the molecule is CCCCCCC(NN)C(CC)OCC. The molecule has 0 aliphatic carbocycles. The summed E-state index contributed by atoms with van der Waals surface area (Å²) in [5, 5.41) is 0. The molecule has 15 heavy (non-hydrogen) atoms. The Morgan fingerprint density at radius 1 is 1.13 bits per heavy atom. The Labute approximate surface area is 94.7 Å². The first-order valence-electron chi connectivity index (χ1n) is 6.37. The number of hydrogen-bond acceptors (Lipinski definition) is 3. The zero-order valence-electron chi connectivity index (χ0n) is 10.6. The Morgan fingerprint density at radius 3 is 2.33 bits per heavy atom. The van der Waals surface area contributed by atoms with Gasteiger partial charge in [0.05, 0.1) is 6.10 Å². The van der Waals surface area contributed by atoms with Gasteiger partial charge in [-0.05, 0) is 19.8 Å². The Morgan fingerprint density at radius 2 is 1.87 bits per heavy atom. The van der Waals surface area contributed by atoms with Gasteiger partial charge in [-0.2, -0.15) is 0 Å². The van der Waals surface area contributed by atoms with Gasteiger partial charge in [0.15, 0.2) is 0 Å². The smallest absolute Gasteiger partial charge is 0.0738 e. The van der Waals surface area contributed by atoms with Crippen molar-refractivity contribution >= 4 is 0 Å². The molecule has 0 aliphatic rings. The molecule has 0 amide bonds. The van der Waals surface area contributed by atoms with Gasteiger partial charge in [0, 0.05) is 12.6 Å². The van der Waals surface area contributed by atoms with E-state index < -0.39 is 0 Å². The lowest BCUT2D eigenvalue weighted by Gasteiger charge is -2.25. The lowest BCUT2D eigenvalue weighted by atomic mass is 10.0. The van der Waals surface area contributed by atoms with E-state index in [2.05, 4.69) is 19.3 Å². The van der Waals surface area contributed by atoms with Crippen molar-refractivity contribution in [3.8, 4) is 0 Å². The number of nitrogens with two attached hydrogens (primary N) is 1. The highest BCUT2D eigenvalue weighted by Gasteiger charge is 2.18. The molecule has 0 aromatic rings. The van der Waals surface area contributed by atoms with Gasteiger partial charge < -0.3 is 4.74 Å². The lowest BCUT2D eigenvalue weighted by Crippen LogP contribution is -2.45. The van der Waals surface area contributed by atoms with Gasteiger partial charge in [0.25, 0.3) is 0 Å². The molecule has 3 nitrogen and oxygen atoms in total. The van der Waals surface area contributed by atoms with Crippen LogP contribution < -0.4 is 11.3 Å². The number of hydrogen-bond donors (Lipinski definition) is 2. The van der Waals surface area contributed by atoms with E-state index in [1.165, 1.54) is 25.7 Å². The Hall–Kier alpha value is -0.120. The molecule has 0 bridgehead atoms. The van der Waals surface area contributed by atoms with Crippen LogP contribution in [0.3, 0.4) is 0 Å². The molecule has 2 unspecified atom stereocenters. The van der Waals surface area contributed by atoms with Crippen LogP contribution >= 0.6 is 0 Å². The topological polar surface area (TPSA) is 47.3 Å². The molecule has 0 heterocycles. The van der Waals surface area contributed by atoms with Crippen molar-refractivity contribution in [1.29, 1.82) is 0 Å². The van der Waals surface area contributed by atoms with E-state index in [1.807, 2.05) is 6.92 Å². The second-order valence-corrected chi connectivity index (χ2v) is 4.02. The molecule has 3 heteroatoms. The summed E-state index contributed by atoms with van der Waals surface area (Å²) < 4.78 is 5.66. The average molecular weight is 216 g/mol. The lowest BCUT2D eigenvalue weighted by molar-refractivity contribution is 0.0290. The van der Waals surface area contributed by atoms with Crippen LogP contribution in [0.1, 0.15) is 59.3 Å². The first-order valence-corrected chi connectivity index (χ1v) is 6.37. The van der Waals surface area contributed by atoms with Gasteiger partial charge >= 0.3 is 0 Å². The van der Waals surface area contributed by atoms with Gasteiger partial charge in [-0.3, -0.25) is 11.3 Å². The molecule has 0 radical (unpaired) electrons. The summed E-state index contributed by atoms with van der Waals surface area (Å²) in [6, 6.07) is 0.312. The largest absolute Gasteiger partial charge is 0.377 e. The fraction of sp³-hybridized carbons (Fsp3) is 1.00. The van der Waals surface area contributed by atoms with Gasteiger partial charge in [-0.25, -0.2) is 0 Å². The molecule has 92 valence electrons. The van der Waals surface area contributed by atoms with Crippen LogP contribution in [0.15, 0.2) is 0 Å². The van der Waals surface area contributed by atoms with E-state index in [1.54, 1.807) is 0 Å². The summed E-state index contributed by atoms with van der Waals surface area (Å²) >= 11 is 0. The third kappa shape index (κ3) is 6.88. The van der Waals surface area contributed by atoms with E-state index in [-0.39, 0.29) is 6.10 Å². The monoisotopic (exact) mass is 216 g/mol. The minimum atomic E-state index is 0.265. The van der Waals surface area contributed by atoms with Crippen molar-refractivity contribution < 1.29 is 4.74 Å². The minimum Gasteiger partial charge on any atom is -0.377 e. The van der Waals surface area contributed by atoms with E-state index in [4.69, 9.17) is 10.6 Å². The number of rotatable bonds is 10. The Kier molecular flexibility index (Phi) is 10.3. The van der Waals surface area contributed by atoms with Crippen LogP contribution in [0.2, 0.25) is 0 Å². The molecule has 0 aliphatic heterocycles. The van der Waals surface area contributed by atoms with Crippen LogP contribution in [0.4, 0.5) is 0 Å². The van der Waals surface area contributed by atoms with Crippen molar-refractivity contribution in [2.45, 2.75) is 71.4 Å². The molecule has 3 N–H and O–H groups in total. The zero-order chi connectivity index (χ0) is 11.5. The fourth-order valence-corrected chi connectivity index (χ4v) is 1.90. The van der Waals surface area contributed by atoms with Crippen LogP contribution in [-0.4, -0.2) is 18.8 Å². The minimum absolute atomic E-state index is 0.265. The maximum Gasteiger partial charge on any atom is 0.0738 e. The summed E-state index contributed by atoms with van der Waals surface area (Å²) in [5.74, 6) is 5.56. The zero-order valence-corrected chi connectivity index (χ0v) is 10.6. The van der Waals surface area contributed by atoms with Crippen LogP contribution in [0.5, 0.6) is 0 Å². The third-order valence-electron chi connectivity index (χ3n) is 2.81. The van der Waals surface area contributed by atoms with Gasteiger partial charge in [0.2, 0.25) is 0 Å². The second-order valence-electron chi connectivity index (χ2n) is 4.02. The Bertz CT molecular complexity index is 131. The summed E-state index contributed by atoms with van der Waals surface area (Å²) in [5.41, 5.74) is 2.89. The molecule has 0 saturated carbocycles.